The molecule has 2 heterocycles. The molecule has 0 spiro atoms. The zero-order valence-corrected chi connectivity index (χ0v) is 15.6. The third kappa shape index (κ3) is 4.27. The first-order valence-corrected chi connectivity index (χ1v) is 9.26. The van der Waals surface area contributed by atoms with Crippen LogP contribution in [0.5, 0.6) is 5.75 Å². The largest absolute Gasteiger partial charge is 0.570 e. The number of nitrogens with two attached hydrogens (primary N) is 1. The van der Waals surface area contributed by atoms with E-state index in [1.54, 1.807) is 12.1 Å². The summed E-state index contributed by atoms with van der Waals surface area (Å²) in [6.45, 7) is 5.59. The predicted octanol–water partition coefficient (Wildman–Crippen LogP) is 1.58. The van der Waals surface area contributed by atoms with Gasteiger partial charge in [0.15, 0.2) is 5.96 Å². The maximum absolute atomic E-state index is 11.4. The van der Waals surface area contributed by atoms with Crippen molar-refractivity contribution in [3.63, 3.8) is 0 Å². The fourth-order valence-corrected chi connectivity index (χ4v) is 3.86. The molecule has 28 heavy (non-hydrogen) atoms. The van der Waals surface area contributed by atoms with Crippen LogP contribution in [0.4, 0.5) is 0 Å². The summed E-state index contributed by atoms with van der Waals surface area (Å²) in [5.41, 5.74) is 7.07. The van der Waals surface area contributed by atoms with Crippen LogP contribution in [0, 0.1) is 16.2 Å². The fraction of sp³-hybridized carbons (Fsp3) is 0.444. The third-order valence-electron chi connectivity index (χ3n) is 5.33. The van der Waals surface area contributed by atoms with Crippen molar-refractivity contribution in [2.24, 2.45) is 16.7 Å². The summed E-state index contributed by atoms with van der Waals surface area (Å²) in [5.74, 6) is -0.768. The first kappa shape index (κ1) is 19.7. The molecule has 5 N–H and O–H groups in total. The maximum Gasteiger partial charge on any atom is 0.570 e. The van der Waals surface area contributed by atoms with E-state index in [2.05, 4.69) is 17.0 Å². The van der Waals surface area contributed by atoms with E-state index < -0.39 is 19.0 Å². The summed E-state index contributed by atoms with van der Waals surface area (Å²) >= 11 is 0. The number of fused-ring (bicyclic) bond motifs is 1. The first-order chi connectivity index (χ1) is 13.4. The van der Waals surface area contributed by atoms with Gasteiger partial charge in [0, 0.05) is 18.8 Å². The highest BCUT2D eigenvalue weighted by atomic mass is 16.5. The molecule has 0 saturated carbocycles. The van der Waals surface area contributed by atoms with Crippen LogP contribution in [0.3, 0.4) is 0 Å². The number of nitrogens with zero attached hydrogens (tertiary/aromatic N) is 2. The Bertz CT molecular complexity index is 794. The topological polar surface area (TPSA) is 141 Å². The molecule has 1 aromatic carbocycles. The number of aromatic carboxylic acids is 1. The number of rotatable bonds is 6. The zero-order valence-electron chi connectivity index (χ0n) is 15.6. The van der Waals surface area contributed by atoms with E-state index in [0.717, 1.165) is 43.6 Å². The van der Waals surface area contributed by atoms with Crippen LogP contribution in [-0.4, -0.2) is 48.0 Å². The van der Waals surface area contributed by atoms with E-state index in [9.17, 15) is 14.8 Å². The molecule has 9 nitrogen and oxygen atoms in total. The van der Waals surface area contributed by atoms with Crippen LogP contribution in [0.1, 0.15) is 35.2 Å². The molecule has 0 amide bonds. The van der Waals surface area contributed by atoms with Crippen molar-refractivity contribution in [3.8, 4) is 5.75 Å². The molecular weight excluding hydrogens is 361 g/mol. The maximum atomic E-state index is 11.4. The first-order valence-electron chi connectivity index (χ1n) is 9.26. The number of benzene rings is 1. The second-order valence-electron chi connectivity index (χ2n) is 7.29. The lowest BCUT2D eigenvalue weighted by atomic mass is 9.68. The minimum absolute atomic E-state index is 0.0284. The van der Waals surface area contributed by atoms with Gasteiger partial charge in [0.2, 0.25) is 0 Å². The lowest BCUT2D eigenvalue weighted by Crippen LogP contribution is -2.50. The van der Waals surface area contributed by atoms with E-state index >= 15 is 0 Å². The number of para-hydroxylation sites is 1. The molecule has 1 saturated heterocycles. The Morgan fingerprint density at radius 1 is 1.46 bits per heavy atom. The fourth-order valence-electron chi connectivity index (χ4n) is 3.86. The molecule has 2 aliphatic heterocycles. The molecular formula is C18H24BN5O4. The van der Waals surface area contributed by atoms with Gasteiger partial charge in [-0.3, -0.25) is 5.41 Å². The van der Waals surface area contributed by atoms with Gasteiger partial charge < -0.3 is 25.7 Å². The number of nitrogens with one attached hydrogen (secondary N) is 2. The van der Waals surface area contributed by atoms with Crippen LogP contribution in [-0.2, 0) is 6.42 Å². The van der Waals surface area contributed by atoms with E-state index in [4.69, 9.17) is 15.8 Å². The highest BCUT2D eigenvalue weighted by Crippen LogP contribution is 2.31. The van der Waals surface area contributed by atoms with Crippen molar-refractivity contribution in [2.45, 2.75) is 31.6 Å². The molecule has 1 unspecified atom stereocenters. The van der Waals surface area contributed by atoms with Crippen molar-refractivity contribution in [3.05, 3.63) is 46.5 Å². The number of hydrogen-bond donors (Lipinski definition) is 4. The summed E-state index contributed by atoms with van der Waals surface area (Å²) in [5, 5.41) is 23.1. The highest BCUT2D eigenvalue weighted by molar-refractivity contribution is 6.53. The van der Waals surface area contributed by atoms with Gasteiger partial charge >= 0.3 is 13.0 Å². The SMILES string of the molecule is C=C(CC1CCN(C(=N)N)CC1)NC1Cc2cccc(C(=O)O)c2OB1N=O. The molecule has 1 atom stereocenters. The van der Waals surface area contributed by atoms with Crippen molar-refractivity contribution in [1.29, 1.82) is 5.41 Å². The second-order valence-corrected chi connectivity index (χ2v) is 7.29. The number of carbonyl (C=O) groups is 1. The summed E-state index contributed by atoms with van der Waals surface area (Å²) < 4.78 is 5.61. The molecule has 148 valence electrons. The average Bonchev–Trinajstić information content (AvgIpc) is 2.67. The van der Waals surface area contributed by atoms with Gasteiger partial charge in [-0.05, 0) is 43.2 Å². The molecule has 10 heteroatoms. The smallest absolute Gasteiger partial charge is 0.536 e. The van der Waals surface area contributed by atoms with Crippen molar-refractivity contribution in [1.82, 2.24) is 10.2 Å². The van der Waals surface area contributed by atoms with Gasteiger partial charge in [-0.2, -0.15) is 4.91 Å². The average molecular weight is 385 g/mol. The summed E-state index contributed by atoms with van der Waals surface area (Å²) in [4.78, 5) is 24.5. The Kier molecular flexibility index (Phi) is 5.86. The number of hydrogen-bond acceptors (Lipinski definition) is 6. The minimum Gasteiger partial charge on any atom is -0.536 e. The zero-order chi connectivity index (χ0) is 20.3. The lowest BCUT2D eigenvalue weighted by Gasteiger charge is -2.34. The van der Waals surface area contributed by atoms with E-state index in [1.807, 2.05) is 4.90 Å². The molecule has 0 bridgehead atoms. The van der Waals surface area contributed by atoms with Gasteiger partial charge in [0.1, 0.15) is 5.75 Å². The number of carboxylic acids is 1. The monoisotopic (exact) mass is 385 g/mol. The van der Waals surface area contributed by atoms with Crippen LogP contribution < -0.4 is 15.7 Å². The molecule has 0 aromatic heterocycles. The summed E-state index contributed by atoms with van der Waals surface area (Å²) in [6, 6.07) is 4.90. The minimum atomic E-state index is -1.10. The molecule has 3 rings (SSSR count). The van der Waals surface area contributed by atoms with Gasteiger partial charge in [-0.25, -0.2) is 4.79 Å². The van der Waals surface area contributed by atoms with Crippen molar-refractivity contribution >= 4 is 19.0 Å². The predicted molar refractivity (Wildman–Crippen MR) is 106 cm³/mol. The van der Waals surface area contributed by atoms with Gasteiger partial charge in [0.05, 0.1) is 11.5 Å². The number of allylic oxidation sites excluding steroid dienone is 1. The Hall–Kier alpha value is -3.04. The van der Waals surface area contributed by atoms with Crippen LogP contribution in [0.25, 0.3) is 0 Å². The van der Waals surface area contributed by atoms with Gasteiger partial charge in [-0.1, -0.05) is 23.8 Å². The number of likely N-dealkylation sites (tertiary alicyclic amines) is 1. The Morgan fingerprint density at radius 3 is 2.79 bits per heavy atom. The second kappa shape index (κ2) is 8.32. The lowest BCUT2D eigenvalue weighted by molar-refractivity contribution is 0.0694. The molecule has 1 aromatic rings. The third-order valence-corrected chi connectivity index (χ3v) is 5.33. The van der Waals surface area contributed by atoms with E-state index in [0.29, 0.717) is 12.3 Å². The van der Waals surface area contributed by atoms with Gasteiger partial charge in [-0.15, -0.1) is 0 Å². The normalized spacial score (nSPS) is 19.4. The van der Waals surface area contributed by atoms with Crippen LogP contribution in [0.15, 0.2) is 35.6 Å². The highest BCUT2D eigenvalue weighted by Gasteiger charge is 2.39. The van der Waals surface area contributed by atoms with Crippen molar-refractivity contribution < 1.29 is 14.6 Å². The number of carboxylic acid groups (broad SMARTS) is 1. The standard InChI is InChI=1S/C18H24BN5O4/c1-11(9-12-5-7-24(8-6-12)18(20)21)22-15-10-13-3-2-4-14(17(25)26)16(13)28-19(15)23-27/h2-4,12,15,22H,1,5-10H2,(H3,20,21)(H,25,26). The van der Waals surface area contributed by atoms with E-state index in [-0.39, 0.29) is 17.3 Å². The van der Waals surface area contributed by atoms with Crippen molar-refractivity contribution in [2.75, 3.05) is 13.1 Å². The molecule has 1 fully saturated rings. The Balaban J connectivity index is 1.62. The van der Waals surface area contributed by atoms with Crippen LogP contribution >= 0.6 is 0 Å². The molecule has 0 radical (unpaired) electrons. The van der Waals surface area contributed by atoms with Gasteiger partial charge in [0.25, 0.3) is 0 Å². The van der Waals surface area contributed by atoms with Crippen LogP contribution in [0.2, 0.25) is 0 Å². The molecule has 2 aliphatic rings. The quantitative estimate of drug-likeness (QED) is 0.252. The number of piperidine rings is 1. The summed E-state index contributed by atoms with van der Waals surface area (Å²) in [7, 11) is -1.02. The number of guanidine groups is 1. The molecule has 0 aliphatic carbocycles. The Morgan fingerprint density at radius 2 is 2.18 bits per heavy atom. The summed E-state index contributed by atoms with van der Waals surface area (Å²) in [6.07, 6.45) is 3.01. The van der Waals surface area contributed by atoms with E-state index in [1.165, 1.54) is 6.07 Å². The number of nitroso groups, excluding NO2 is 1. The Labute approximate surface area is 163 Å².